The second-order valence-electron chi connectivity index (χ2n) is 9.11. The lowest BCUT2D eigenvalue weighted by Gasteiger charge is -2.08. The van der Waals surface area contributed by atoms with Gasteiger partial charge in [-0.15, -0.1) is 9.24 Å². The lowest BCUT2D eigenvalue weighted by Crippen LogP contribution is -1.88. The van der Waals surface area contributed by atoms with Crippen molar-refractivity contribution in [3.8, 4) is 33.5 Å². The third-order valence-corrected chi connectivity index (χ3v) is 7.25. The number of fused-ring (bicyclic) bond motifs is 4. The summed E-state index contributed by atoms with van der Waals surface area (Å²) < 4.78 is 6.21. The molecule has 1 atom stereocenters. The maximum atomic E-state index is 6.21. The molecule has 0 radical (unpaired) electrons. The Hall–Kier alpha value is -4.26. The van der Waals surface area contributed by atoms with Gasteiger partial charge < -0.3 is 4.42 Å². The molecular weight excluding hydrogens is 457 g/mol. The largest absolute Gasteiger partial charge is 0.455 e. The van der Waals surface area contributed by atoms with Gasteiger partial charge in [0, 0.05) is 28.1 Å². The number of hydrogen-bond acceptors (Lipinski definition) is 2. The van der Waals surface area contributed by atoms with E-state index in [9.17, 15) is 0 Å². The van der Waals surface area contributed by atoms with Crippen LogP contribution in [-0.2, 0) is 0 Å². The quantitative estimate of drug-likeness (QED) is 0.237. The highest BCUT2D eigenvalue weighted by molar-refractivity contribution is 7.27. The molecule has 0 amide bonds. The monoisotopic (exact) mass is 479 g/mol. The highest BCUT2D eigenvalue weighted by Crippen LogP contribution is 2.35. The molecule has 7 aromatic rings. The predicted octanol–water partition coefficient (Wildman–Crippen LogP) is 8.64. The molecule has 5 aromatic carbocycles. The molecule has 36 heavy (non-hydrogen) atoms. The molecule has 1 unspecified atom stereocenters. The van der Waals surface area contributed by atoms with Crippen molar-refractivity contribution in [2.24, 2.45) is 0 Å². The van der Waals surface area contributed by atoms with E-state index in [4.69, 9.17) is 9.40 Å². The van der Waals surface area contributed by atoms with Gasteiger partial charge in [-0.2, -0.15) is 0 Å². The Bertz CT molecular complexity index is 1880. The van der Waals surface area contributed by atoms with Gasteiger partial charge in [0.1, 0.15) is 11.2 Å². The van der Waals surface area contributed by atoms with E-state index in [0.29, 0.717) is 0 Å². The fraction of sp³-hybridized carbons (Fsp3) is 0. The summed E-state index contributed by atoms with van der Waals surface area (Å²) in [5, 5.41) is 5.88. The van der Waals surface area contributed by atoms with Gasteiger partial charge in [0.15, 0.2) is 0 Å². The summed E-state index contributed by atoms with van der Waals surface area (Å²) in [7, 11) is 2.74. The van der Waals surface area contributed by atoms with Crippen LogP contribution < -0.4 is 5.30 Å². The minimum Gasteiger partial charge on any atom is -0.455 e. The van der Waals surface area contributed by atoms with Gasteiger partial charge in [-0.25, -0.2) is 0 Å². The third-order valence-electron chi connectivity index (χ3n) is 6.86. The van der Waals surface area contributed by atoms with Crippen molar-refractivity contribution < 1.29 is 4.42 Å². The zero-order valence-electron chi connectivity index (χ0n) is 19.5. The van der Waals surface area contributed by atoms with Crippen LogP contribution in [0.15, 0.2) is 126 Å². The van der Waals surface area contributed by atoms with E-state index in [1.165, 1.54) is 27.2 Å². The molecule has 0 saturated heterocycles. The van der Waals surface area contributed by atoms with Crippen molar-refractivity contribution in [1.29, 1.82) is 0 Å². The molecule has 170 valence electrons. The fourth-order valence-electron chi connectivity index (χ4n) is 4.95. The first-order valence-corrected chi connectivity index (χ1v) is 12.6. The maximum Gasteiger partial charge on any atom is 0.144 e. The van der Waals surface area contributed by atoms with E-state index in [-0.39, 0.29) is 0 Å². The zero-order valence-corrected chi connectivity index (χ0v) is 20.6. The van der Waals surface area contributed by atoms with Crippen LogP contribution in [0.4, 0.5) is 0 Å². The van der Waals surface area contributed by atoms with Crippen molar-refractivity contribution in [3.63, 3.8) is 0 Å². The Balaban J connectivity index is 1.26. The van der Waals surface area contributed by atoms with Crippen LogP contribution in [0.25, 0.3) is 66.2 Å². The highest BCUT2D eigenvalue weighted by Gasteiger charge is 2.13. The van der Waals surface area contributed by atoms with Crippen LogP contribution >= 0.6 is 9.24 Å². The molecule has 0 aliphatic rings. The molecular formula is C33H22NOP. The summed E-state index contributed by atoms with van der Waals surface area (Å²) in [6, 6.07) is 40.5. The molecule has 0 fully saturated rings. The highest BCUT2D eigenvalue weighted by atomic mass is 31.0. The zero-order chi connectivity index (χ0) is 24.1. The Kier molecular flexibility index (Phi) is 4.94. The molecule has 2 heterocycles. The average Bonchev–Trinajstić information content (AvgIpc) is 3.32. The van der Waals surface area contributed by atoms with Crippen LogP contribution in [0.2, 0.25) is 0 Å². The molecule has 2 aromatic heterocycles. The van der Waals surface area contributed by atoms with Crippen LogP contribution in [-0.4, -0.2) is 4.98 Å². The SMILES string of the molecule is Pc1ccc(-c2ccc3ccc(-c4ccc(-c5cccc6c5oc5ccccc56)nc4)cc3c2)cc1. The van der Waals surface area contributed by atoms with E-state index >= 15 is 0 Å². The van der Waals surface area contributed by atoms with E-state index < -0.39 is 0 Å². The Morgan fingerprint density at radius 1 is 0.556 bits per heavy atom. The van der Waals surface area contributed by atoms with Crippen LogP contribution in [0, 0.1) is 0 Å². The Labute approximate surface area is 211 Å². The summed E-state index contributed by atoms with van der Waals surface area (Å²) in [4.78, 5) is 4.84. The smallest absolute Gasteiger partial charge is 0.144 e. The van der Waals surface area contributed by atoms with Gasteiger partial charge in [0.2, 0.25) is 0 Å². The number of furan rings is 1. The van der Waals surface area contributed by atoms with Gasteiger partial charge in [0.25, 0.3) is 0 Å². The van der Waals surface area contributed by atoms with Gasteiger partial charge in [-0.1, -0.05) is 84.9 Å². The van der Waals surface area contributed by atoms with Crippen molar-refractivity contribution in [2.45, 2.75) is 0 Å². The summed E-state index contributed by atoms with van der Waals surface area (Å²) in [5.74, 6) is 0. The molecule has 3 heteroatoms. The van der Waals surface area contributed by atoms with Crippen LogP contribution in [0.1, 0.15) is 0 Å². The molecule has 7 rings (SSSR count). The number of rotatable bonds is 3. The van der Waals surface area contributed by atoms with E-state index in [2.05, 4.69) is 106 Å². The Morgan fingerprint density at radius 2 is 1.25 bits per heavy atom. The van der Waals surface area contributed by atoms with E-state index in [0.717, 1.165) is 44.3 Å². The van der Waals surface area contributed by atoms with Gasteiger partial charge in [0.05, 0.1) is 5.69 Å². The van der Waals surface area contributed by atoms with Crippen molar-refractivity contribution in [2.75, 3.05) is 0 Å². The van der Waals surface area contributed by atoms with E-state index in [1.54, 1.807) is 0 Å². The lowest BCUT2D eigenvalue weighted by atomic mass is 9.98. The minimum absolute atomic E-state index is 0.881. The molecule has 2 nitrogen and oxygen atoms in total. The fourth-order valence-corrected chi connectivity index (χ4v) is 5.15. The van der Waals surface area contributed by atoms with Gasteiger partial charge in [-0.3, -0.25) is 4.98 Å². The van der Waals surface area contributed by atoms with E-state index in [1.807, 2.05) is 24.4 Å². The summed E-state index contributed by atoms with van der Waals surface area (Å²) >= 11 is 0. The van der Waals surface area contributed by atoms with Gasteiger partial charge >= 0.3 is 0 Å². The summed E-state index contributed by atoms with van der Waals surface area (Å²) in [6.45, 7) is 0. The van der Waals surface area contributed by atoms with Gasteiger partial charge in [-0.05, 0) is 63.1 Å². The summed E-state index contributed by atoms with van der Waals surface area (Å²) in [6.07, 6.45) is 1.96. The average molecular weight is 480 g/mol. The number of aromatic nitrogens is 1. The predicted molar refractivity (Wildman–Crippen MR) is 155 cm³/mol. The first-order chi connectivity index (χ1) is 17.7. The molecule has 0 aliphatic heterocycles. The maximum absolute atomic E-state index is 6.21. The third kappa shape index (κ3) is 3.59. The van der Waals surface area contributed by atoms with Crippen molar-refractivity contribution in [1.82, 2.24) is 4.98 Å². The van der Waals surface area contributed by atoms with Crippen LogP contribution in [0.5, 0.6) is 0 Å². The molecule has 0 saturated carbocycles. The summed E-state index contributed by atoms with van der Waals surface area (Å²) in [5.41, 5.74) is 8.38. The number of benzene rings is 5. The lowest BCUT2D eigenvalue weighted by molar-refractivity contribution is 0.670. The second-order valence-corrected chi connectivity index (χ2v) is 9.78. The van der Waals surface area contributed by atoms with Crippen LogP contribution in [0.3, 0.4) is 0 Å². The normalized spacial score (nSPS) is 11.5. The topological polar surface area (TPSA) is 26.0 Å². The molecule has 0 N–H and O–H groups in total. The first kappa shape index (κ1) is 21.1. The number of nitrogens with zero attached hydrogens (tertiary/aromatic N) is 1. The molecule has 0 spiro atoms. The number of hydrogen-bond donors (Lipinski definition) is 0. The molecule has 0 bridgehead atoms. The number of pyridine rings is 1. The number of para-hydroxylation sites is 2. The second kappa shape index (κ2) is 8.45. The standard InChI is InChI=1S/C33H22NOP/c36-27-15-12-21(13-16-27)23-10-8-22-9-11-24(19-26(22)18-23)25-14-17-31(34-20-25)30-6-3-5-29-28-4-1-2-7-32(28)35-33(29)30/h1-20H,36H2. The first-order valence-electron chi connectivity index (χ1n) is 12.0. The Morgan fingerprint density at radius 3 is 2.03 bits per heavy atom. The minimum atomic E-state index is 0.881. The molecule has 0 aliphatic carbocycles. The van der Waals surface area contributed by atoms with Crippen molar-refractivity contribution in [3.05, 3.63) is 121 Å². The van der Waals surface area contributed by atoms with Crippen molar-refractivity contribution >= 4 is 47.3 Å².